The van der Waals surface area contributed by atoms with Crippen molar-refractivity contribution in [2.45, 2.75) is 40.5 Å². The molecule has 8 heteroatoms. The van der Waals surface area contributed by atoms with Crippen LogP contribution in [0.25, 0.3) is 0 Å². The number of hydrogen-bond donors (Lipinski definition) is 2. The molecule has 0 unspecified atom stereocenters. The topological polar surface area (TPSA) is 91.0 Å². The van der Waals surface area contributed by atoms with Crippen molar-refractivity contribution >= 4 is 17.7 Å². The molecule has 1 saturated heterocycles. The van der Waals surface area contributed by atoms with Crippen LogP contribution in [0.4, 0.5) is 0 Å². The number of carbonyl (C=O) groups excluding carboxylic acids is 3. The smallest absolute Gasteiger partial charge is 0.224 e. The van der Waals surface area contributed by atoms with Gasteiger partial charge < -0.3 is 20.3 Å². The molecule has 2 N–H and O–H groups in total. The maximum absolute atomic E-state index is 12.2. The number of carbonyl (C=O) groups is 3. The molecule has 8 nitrogen and oxygen atoms in total. The van der Waals surface area contributed by atoms with Crippen LogP contribution in [-0.2, 0) is 19.1 Å². The highest BCUT2D eigenvalue weighted by molar-refractivity contribution is 5.78. The molecule has 0 aliphatic carbocycles. The lowest BCUT2D eigenvalue weighted by molar-refractivity contribution is -0.134. The van der Waals surface area contributed by atoms with E-state index in [9.17, 15) is 14.4 Å². The molecule has 0 atom stereocenters. The zero-order chi connectivity index (χ0) is 20.9. The van der Waals surface area contributed by atoms with E-state index in [-0.39, 0.29) is 29.6 Å². The minimum Gasteiger partial charge on any atom is -0.379 e. The SMILES string of the molecule is CC(C)C(=O)NCCCN1CCN(C(=O)CCOCCNC(=O)C(C)C)CC1. The molecule has 1 fully saturated rings. The summed E-state index contributed by atoms with van der Waals surface area (Å²) in [4.78, 5) is 39.4. The fourth-order valence-electron chi connectivity index (χ4n) is 2.81. The second-order valence-electron chi connectivity index (χ2n) is 7.83. The Hall–Kier alpha value is -1.67. The largest absolute Gasteiger partial charge is 0.379 e. The van der Waals surface area contributed by atoms with E-state index in [1.807, 2.05) is 32.6 Å². The maximum atomic E-state index is 12.2. The zero-order valence-corrected chi connectivity index (χ0v) is 18.0. The number of ether oxygens (including phenoxy) is 1. The summed E-state index contributed by atoms with van der Waals surface area (Å²) in [6.07, 6.45) is 1.30. The third kappa shape index (κ3) is 10.0. The zero-order valence-electron chi connectivity index (χ0n) is 18.0. The number of nitrogens with zero attached hydrogens (tertiary/aromatic N) is 2. The standard InChI is InChI=1S/C20H38N4O4/c1-16(2)19(26)21-7-5-9-23-10-12-24(13-11-23)18(25)6-14-28-15-8-22-20(27)17(3)4/h16-17H,5-15H2,1-4H3,(H,21,26)(H,22,27). The number of amides is 3. The second kappa shape index (κ2) is 13.5. The summed E-state index contributed by atoms with van der Waals surface area (Å²) in [5.41, 5.74) is 0. The Morgan fingerprint density at radius 1 is 0.857 bits per heavy atom. The Labute approximate surface area is 169 Å². The molecule has 162 valence electrons. The highest BCUT2D eigenvalue weighted by Crippen LogP contribution is 2.05. The van der Waals surface area contributed by atoms with E-state index in [2.05, 4.69) is 15.5 Å². The van der Waals surface area contributed by atoms with Crippen LogP contribution < -0.4 is 10.6 Å². The normalized spacial score (nSPS) is 15.1. The Bertz CT molecular complexity index is 489. The molecule has 0 saturated carbocycles. The highest BCUT2D eigenvalue weighted by atomic mass is 16.5. The molecular weight excluding hydrogens is 360 g/mol. The van der Waals surface area contributed by atoms with Gasteiger partial charge in [0.05, 0.1) is 19.6 Å². The molecule has 1 heterocycles. The van der Waals surface area contributed by atoms with Crippen LogP contribution in [0, 0.1) is 11.8 Å². The van der Waals surface area contributed by atoms with Crippen LogP contribution in [0.3, 0.4) is 0 Å². The van der Waals surface area contributed by atoms with Crippen molar-refractivity contribution in [2.24, 2.45) is 11.8 Å². The Balaban J connectivity index is 2.05. The number of nitrogens with one attached hydrogen (secondary N) is 2. The quantitative estimate of drug-likeness (QED) is 0.467. The summed E-state index contributed by atoms with van der Waals surface area (Å²) in [6, 6.07) is 0. The molecule has 0 aromatic carbocycles. The average Bonchev–Trinajstić information content (AvgIpc) is 2.67. The summed E-state index contributed by atoms with van der Waals surface area (Å²) in [5.74, 6) is 0.228. The Kier molecular flexibility index (Phi) is 11.7. The van der Waals surface area contributed by atoms with Gasteiger partial charge in [0.1, 0.15) is 0 Å². The van der Waals surface area contributed by atoms with Gasteiger partial charge in [-0.1, -0.05) is 27.7 Å². The van der Waals surface area contributed by atoms with Gasteiger partial charge in [0.2, 0.25) is 17.7 Å². The van der Waals surface area contributed by atoms with Gasteiger partial charge in [-0.25, -0.2) is 0 Å². The van der Waals surface area contributed by atoms with Crippen LogP contribution in [0.1, 0.15) is 40.5 Å². The van der Waals surface area contributed by atoms with Crippen LogP contribution in [0.15, 0.2) is 0 Å². The predicted octanol–water partition coefficient (Wildman–Crippen LogP) is 0.472. The van der Waals surface area contributed by atoms with Gasteiger partial charge >= 0.3 is 0 Å². The van der Waals surface area contributed by atoms with Crippen molar-refractivity contribution < 1.29 is 19.1 Å². The van der Waals surface area contributed by atoms with Gasteiger partial charge in [-0.2, -0.15) is 0 Å². The lowest BCUT2D eigenvalue weighted by atomic mass is 10.2. The summed E-state index contributed by atoms with van der Waals surface area (Å²) in [6.45, 7) is 13.6. The van der Waals surface area contributed by atoms with E-state index in [0.717, 1.165) is 39.1 Å². The Morgan fingerprint density at radius 2 is 1.43 bits per heavy atom. The first kappa shape index (κ1) is 24.4. The number of piperazine rings is 1. The molecule has 1 aliphatic heterocycles. The van der Waals surface area contributed by atoms with E-state index >= 15 is 0 Å². The first-order valence-electron chi connectivity index (χ1n) is 10.4. The maximum Gasteiger partial charge on any atom is 0.224 e. The molecule has 0 aromatic heterocycles. The average molecular weight is 399 g/mol. The lowest BCUT2D eigenvalue weighted by Gasteiger charge is -2.34. The van der Waals surface area contributed by atoms with Gasteiger partial charge in [-0.15, -0.1) is 0 Å². The first-order valence-corrected chi connectivity index (χ1v) is 10.4. The fourth-order valence-corrected chi connectivity index (χ4v) is 2.81. The monoisotopic (exact) mass is 398 g/mol. The van der Waals surface area contributed by atoms with Gasteiger partial charge in [-0.3, -0.25) is 19.3 Å². The molecular formula is C20H38N4O4. The molecule has 1 aliphatic rings. The van der Waals surface area contributed by atoms with Crippen molar-refractivity contribution in [3.05, 3.63) is 0 Å². The van der Waals surface area contributed by atoms with Gasteiger partial charge in [-0.05, 0) is 13.0 Å². The van der Waals surface area contributed by atoms with Crippen molar-refractivity contribution in [1.82, 2.24) is 20.4 Å². The van der Waals surface area contributed by atoms with E-state index in [0.29, 0.717) is 32.7 Å². The third-order valence-corrected chi connectivity index (χ3v) is 4.73. The van der Waals surface area contributed by atoms with Crippen molar-refractivity contribution in [3.8, 4) is 0 Å². The summed E-state index contributed by atoms with van der Waals surface area (Å²) < 4.78 is 5.44. The van der Waals surface area contributed by atoms with Crippen LogP contribution in [0.5, 0.6) is 0 Å². The van der Waals surface area contributed by atoms with Crippen LogP contribution in [-0.4, -0.2) is 86.5 Å². The molecule has 0 spiro atoms. The molecule has 0 bridgehead atoms. The molecule has 28 heavy (non-hydrogen) atoms. The van der Waals surface area contributed by atoms with Crippen LogP contribution in [0.2, 0.25) is 0 Å². The van der Waals surface area contributed by atoms with E-state index in [4.69, 9.17) is 4.74 Å². The minimum atomic E-state index is -0.0287. The third-order valence-electron chi connectivity index (χ3n) is 4.73. The van der Waals surface area contributed by atoms with E-state index < -0.39 is 0 Å². The van der Waals surface area contributed by atoms with E-state index in [1.54, 1.807) is 0 Å². The molecule has 3 amide bonds. The summed E-state index contributed by atoms with van der Waals surface area (Å²) in [7, 11) is 0. The predicted molar refractivity (Wildman–Crippen MR) is 109 cm³/mol. The lowest BCUT2D eigenvalue weighted by Crippen LogP contribution is -2.49. The van der Waals surface area contributed by atoms with Gasteiger partial charge in [0.25, 0.3) is 0 Å². The Morgan fingerprint density at radius 3 is 2.00 bits per heavy atom. The minimum absolute atomic E-state index is 0.0137. The molecule has 0 aromatic rings. The summed E-state index contributed by atoms with van der Waals surface area (Å²) in [5, 5.41) is 5.71. The fraction of sp³-hybridized carbons (Fsp3) is 0.850. The first-order chi connectivity index (χ1) is 13.3. The highest BCUT2D eigenvalue weighted by Gasteiger charge is 2.20. The summed E-state index contributed by atoms with van der Waals surface area (Å²) >= 11 is 0. The van der Waals surface area contributed by atoms with Crippen molar-refractivity contribution in [3.63, 3.8) is 0 Å². The second-order valence-corrected chi connectivity index (χ2v) is 7.83. The van der Waals surface area contributed by atoms with Crippen molar-refractivity contribution in [2.75, 3.05) is 59.0 Å². The van der Waals surface area contributed by atoms with E-state index in [1.165, 1.54) is 0 Å². The number of rotatable bonds is 12. The van der Waals surface area contributed by atoms with Gasteiger partial charge in [0.15, 0.2) is 0 Å². The molecule has 1 rings (SSSR count). The molecule has 0 radical (unpaired) electrons. The van der Waals surface area contributed by atoms with Gasteiger partial charge in [0, 0.05) is 51.1 Å². The van der Waals surface area contributed by atoms with Crippen LogP contribution >= 0.6 is 0 Å². The number of hydrogen-bond acceptors (Lipinski definition) is 5. The van der Waals surface area contributed by atoms with Crippen molar-refractivity contribution in [1.29, 1.82) is 0 Å².